The van der Waals surface area contributed by atoms with Gasteiger partial charge in [0.05, 0.1) is 12.3 Å². The van der Waals surface area contributed by atoms with E-state index in [0.717, 1.165) is 6.07 Å². The maximum absolute atomic E-state index is 12.2. The van der Waals surface area contributed by atoms with E-state index in [9.17, 15) is 17.6 Å². The van der Waals surface area contributed by atoms with E-state index in [-0.39, 0.29) is 11.3 Å². The van der Waals surface area contributed by atoms with Gasteiger partial charge in [0.2, 0.25) is 0 Å². The van der Waals surface area contributed by atoms with Gasteiger partial charge in [-0.15, -0.1) is 0 Å². The molecule has 0 aliphatic carbocycles. The van der Waals surface area contributed by atoms with Gasteiger partial charge in [0.15, 0.2) is 0 Å². The summed E-state index contributed by atoms with van der Waals surface area (Å²) in [6, 6.07) is 1.72. The van der Waals surface area contributed by atoms with Crippen molar-refractivity contribution in [1.82, 2.24) is 4.98 Å². The van der Waals surface area contributed by atoms with Gasteiger partial charge < -0.3 is 5.11 Å². The lowest BCUT2D eigenvalue weighted by atomic mass is 10.2. The van der Waals surface area contributed by atoms with Crippen molar-refractivity contribution in [2.75, 3.05) is 0 Å². The van der Waals surface area contributed by atoms with Crippen molar-refractivity contribution in [2.45, 2.75) is 19.5 Å². The molecule has 14 heavy (non-hydrogen) atoms. The summed E-state index contributed by atoms with van der Waals surface area (Å²) >= 11 is 0. The fourth-order valence-electron chi connectivity index (χ4n) is 0.954. The lowest BCUT2D eigenvalue weighted by Crippen LogP contribution is -2.10. The number of aromatic nitrogens is 1. The van der Waals surface area contributed by atoms with Gasteiger partial charge in [-0.2, -0.15) is 13.2 Å². The molecule has 6 heteroatoms. The number of aliphatic hydroxyl groups excluding tert-OH is 1. The van der Waals surface area contributed by atoms with E-state index in [1.807, 2.05) is 0 Å². The molecule has 1 aromatic rings. The van der Waals surface area contributed by atoms with Crippen LogP contribution in [0.25, 0.3) is 0 Å². The van der Waals surface area contributed by atoms with Crippen LogP contribution in [0.3, 0.4) is 0 Å². The van der Waals surface area contributed by atoms with Crippen LogP contribution in [0.15, 0.2) is 12.1 Å². The molecule has 0 aliphatic rings. The molecular weight excluding hydrogens is 202 g/mol. The number of nitrogens with zero attached hydrogens (tertiary/aromatic N) is 1. The molecule has 0 bridgehead atoms. The normalized spacial score (nSPS) is 11.8. The van der Waals surface area contributed by atoms with Crippen LogP contribution in [0.2, 0.25) is 0 Å². The SMILES string of the molecule is OCc1cc(CF)cc(C(F)(F)F)n1. The summed E-state index contributed by atoms with van der Waals surface area (Å²) in [5.74, 6) is 0. The quantitative estimate of drug-likeness (QED) is 0.756. The highest BCUT2D eigenvalue weighted by atomic mass is 19.4. The molecular formula is C8H7F4NO. The molecule has 78 valence electrons. The van der Waals surface area contributed by atoms with Crippen molar-refractivity contribution in [1.29, 1.82) is 0 Å². The van der Waals surface area contributed by atoms with E-state index in [2.05, 4.69) is 4.98 Å². The van der Waals surface area contributed by atoms with E-state index in [0.29, 0.717) is 6.07 Å². The molecule has 1 aromatic heterocycles. The first-order chi connectivity index (χ1) is 6.47. The Morgan fingerprint density at radius 1 is 1.29 bits per heavy atom. The minimum Gasteiger partial charge on any atom is -0.390 e. The summed E-state index contributed by atoms with van der Waals surface area (Å²) in [4.78, 5) is 3.13. The maximum Gasteiger partial charge on any atom is 0.433 e. The zero-order valence-electron chi connectivity index (χ0n) is 6.98. The molecule has 0 aliphatic heterocycles. The fraction of sp³-hybridized carbons (Fsp3) is 0.375. The van der Waals surface area contributed by atoms with Crippen LogP contribution in [0.5, 0.6) is 0 Å². The monoisotopic (exact) mass is 209 g/mol. The Kier molecular flexibility index (Phi) is 3.05. The molecule has 0 saturated carbocycles. The van der Waals surface area contributed by atoms with E-state index in [1.54, 1.807) is 0 Å². The van der Waals surface area contributed by atoms with Gasteiger partial charge in [0.1, 0.15) is 12.4 Å². The molecule has 0 radical (unpaired) electrons. The zero-order valence-corrected chi connectivity index (χ0v) is 6.98. The molecule has 2 nitrogen and oxygen atoms in total. The van der Waals surface area contributed by atoms with Crippen molar-refractivity contribution < 1.29 is 22.7 Å². The summed E-state index contributed by atoms with van der Waals surface area (Å²) in [5.41, 5.74) is -1.51. The average Bonchev–Trinajstić information content (AvgIpc) is 2.15. The van der Waals surface area contributed by atoms with Crippen molar-refractivity contribution in [3.05, 3.63) is 29.1 Å². The Hall–Kier alpha value is -1.17. The molecule has 0 amide bonds. The predicted molar refractivity (Wildman–Crippen MR) is 40.0 cm³/mol. The topological polar surface area (TPSA) is 33.1 Å². The fourth-order valence-corrected chi connectivity index (χ4v) is 0.954. The van der Waals surface area contributed by atoms with Gasteiger partial charge in [-0.25, -0.2) is 9.37 Å². The molecule has 0 fully saturated rings. The molecule has 0 aromatic carbocycles. The van der Waals surface area contributed by atoms with Crippen LogP contribution in [0.1, 0.15) is 17.0 Å². The number of rotatable bonds is 2. The van der Waals surface area contributed by atoms with Gasteiger partial charge in [-0.05, 0) is 17.7 Å². The number of hydrogen-bond donors (Lipinski definition) is 1. The molecule has 1 N–H and O–H groups in total. The lowest BCUT2D eigenvalue weighted by molar-refractivity contribution is -0.141. The third kappa shape index (κ3) is 2.41. The highest BCUT2D eigenvalue weighted by Gasteiger charge is 2.33. The van der Waals surface area contributed by atoms with E-state index < -0.39 is 25.2 Å². The van der Waals surface area contributed by atoms with Crippen LogP contribution < -0.4 is 0 Å². The number of aliphatic hydroxyl groups is 1. The first-order valence-electron chi connectivity index (χ1n) is 3.71. The summed E-state index contributed by atoms with van der Waals surface area (Å²) in [6.45, 7) is -1.66. The summed E-state index contributed by atoms with van der Waals surface area (Å²) in [6.07, 6.45) is -4.62. The predicted octanol–water partition coefficient (Wildman–Crippen LogP) is 2.06. The minimum atomic E-state index is -4.62. The van der Waals surface area contributed by atoms with Crippen molar-refractivity contribution in [3.63, 3.8) is 0 Å². The van der Waals surface area contributed by atoms with Gasteiger partial charge in [0.25, 0.3) is 0 Å². The first kappa shape index (κ1) is 10.9. The van der Waals surface area contributed by atoms with E-state index >= 15 is 0 Å². The lowest BCUT2D eigenvalue weighted by Gasteiger charge is -2.08. The molecule has 0 atom stereocenters. The number of pyridine rings is 1. The zero-order chi connectivity index (χ0) is 10.8. The number of halogens is 4. The minimum absolute atomic E-state index is 0.142. The van der Waals surface area contributed by atoms with Gasteiger partial charge >= 0.3 is 6.18 Å². The Morgan fingerprint density at radius 3 is 2.36 bits per heavy atom. The number of alkyl halides is 4. The summed E-state index contributed by atoms with van der Waals surface area (Å²) < 4.78 is 48.6. The largest absolute Gasteiger partial charge is 0.433 e. The Morgan fingerprint density at radius 2 is 1.93 bits per heavy atom. The third-order valence-corrected chi connectivity index (χ3v) is 1.54. The second kappa shape index (κ2) is 3.91. The summed E-state index contributed by atoms with van der Waals surface area (Å²) in [7, 11) is 0. The molecule has 1 heterocycles. The highest BCUT2D eigenvalue weighted by Crippen LogP contribution is 2.28. The second-order valence-electron chi connectivity index (χ2n) is 2.64. The van der Waals surface area contributed by atoms with Gasteiger partial charge in [-0.1, -0.05) is 0 Å². The Labute approximate surface area is 77.2 Å². The van der Waals surface area contributed by atoms with Crippen molar-refractivity contribution in [2.24, 2.45) is 0 Å². The summed E-state index contributed by atoms with van der Waals surface area (Å²) in [5, 5.41) is 8.60. The smallest absolute Gasteiger partial charge is 0.390 e. The van der Waals surface area contributed by atoms with Crippen LogP contribution >= 0.6 is 0 Å². The van der Waals surface area contributed by atoms with Gasteiger partial charge in [-0.3, -0.25) is 0 Å². The van der Waals surface area contributed by atoms with Gasteiger partial charge in [0, 0.05) is 0 Å². The maximum atomic E-state index is 12.2. The van der Waals surface area contributed by atoms with Crippen LogP contribution in [0, 0.1) is 0 Å². The molecule has 0 unspecified atom stereocenters. The van der Waals surface area contributed by atoms with Crippen LogP contribution in [-0.2, 0) is 19.5 Å². The van der Waals surface area contributed by atoms with Crippen molar-refractivity contribution in [3.8, 4) is 0 Å². The highest BCUT2D eigenvalue weighted by molar-refractivity contribution is 5.22. The second-order valence-corrected chi connectivity index (χ2v) is 2.64. The molecule has 0 saturated heterocycles. The van der Waals surface area contributed by atoms with Crippen molar-refractivity contribution >= 4 is 0 Å². The average molecular weight is 209 g/mol. The van der Waals surface area contributed by atoms with Crippen LogP contribution in [-0.4, -0.2) is 10.1 Å². The Balaban J connectivity index is 3.17. The van der Waals surface area contributed by atoms with E-state index in [1.165, 1.54) is 0 Å². The third-order valence-electron chi connectivity index (χ3n) is 1.54. The van der Waals surface area contributed by atoms with E-state index in [4.69, 9.17) is 5.11 Å². The molecule has 1 rings (SSSR count). The standard InChI is InChI=1S/C8H7F4NO/c9-3-5-1-6(4-14)13-7(2-5)8(10,11)12/h1-2,14H,3-4H2. The molecule has 0 spiro atoms. The number of hydrogen-bond acceptors (Lipinski definition) is 2. The van der Waals surface area contributed by atoms with Crippen LogP contribution in [0.4, 0.5) is 17.6 Å². The Bertz CT molecular complexity index is 301. The first-order valence-corrected chi connectivity index (χ1v) is 3.71.